The van der Waals surface area contributed by atoms with E-state index in [1.165, 1.54) is 0 Å². The van der Waals surface area contributed by atoms with Crippen molar-refractivity contribution >= 4 is 5.91 Å². The maximum absolute atomic E-state index is 12.2. The van der Waals surface area contributed by atoms with Crippen molar-refractivity contribution in [1.82, 2.24) is 10.2 Å². The minimum absolute atomic E-state index is 0.238. The molecule has 0 radical (unpaired) electrons. The second kappa shape index (κ2) is 7.29. The Kier molecular flexibility index (Phi) is 5.41. The number of rotatable bonds is 5. The molecule has 1 heterocycles. The van der Waals surface area contributed by atoms with E-state index in [9.17, 15) is 4.79 Å². The summed E-state index contributed by atoms with van der Waals surface area (Å²) in [5.41, 5.74) is 0. The lowest BCUT2D eigenvalue weighted by molar-refractivity contribution is -0.134. The molecule has 1 fully saturated rings. The first-order valence-electron chi connectivity index (χ1n) is 7.37. The number of benzene rings is 1. The summed E-state index contributed by atoms with van der Waals surface area (Å²) in [5, 5.41) is 3.39. The van der Waals surface area contributed by atoms with Gasteiger partial charge in [-0.1, -0.05) is 18.2 Å². The molecule has 1 aliphatic heterocycles. The molecule has 1 aromatic carbocycles. The largest absolute Gasteiger partial charge is 0.494 e. The molecule has 1 aromatic rings. The Morgan fingerprint density at radius 3 is 2.85 bits per heavy atom. The van der Waals surface area contributed by atoms with Gasteiger partial charge in [0, 0.05) is 31.6 Å². The first-order valence-corrected chi connectivity index (χ1v) is 7.37. The first-order chi connectivity index (χ1) is 9.66. The van der Waals surface area contributed by atoms with Crippen LogP contribution in [0.5, 0.6) is 5.75 Å². The van der Waals surface area contributed by atoms with Crippen molar-refractivity contribution in [2.75, 3.05) is 19.7 Å². The predicted octanol–water partition coefficient (Wildman–Crippen LogP) is 2.05. The van der Waals surface area contributed by atoms with Crippen molar-refractivity contribution in [3.05, 3.63) is 30.3 Å². The molecule has 1 N–H and O–H groups in total. The normalized spacial score (nSPS) is 22.6. The number of carbonyl (C=O) groups is 1. The van der Waals surface area contributed by atoms with Crippen molar-refractivity contribution < 1.29 is 9.53 Å². The van der Waals surface area contributed by atoms with E-state index in [2.05, 4.69) is 19.2 Å². The number of para-hydroxylation sites is 1. The van der Waals surface area contributed by atoms with E-state index in [1.807, 2.05) is 35.2 Å². The van der Waals surface area contributed by atoms with Crippen LogP contribution >= 0.6 is 0 Å². The Labute approximate surface area is 121 Å². The van der Waals surface area contributed by atoms with Crippen LogP contribution in [0, 0.1) is 0 Å². The SMILES string of the molecule is CC1CN(C(=O)CCCOc2ccccc2)C(C)CN1. The van der Waals surface area contributed by atoms with Gasteiger partial charge in [0.25, 0.3) is 0 Å². The Balaban J connectivity index is 1.69. The topological polar surface area (TPSA) is 41.6 Å². The number of nitrogens with zero attached hydrogens (tertiary/aromatic N) is 1. The smallest absolute Gasteiger partial charge is 0.223 e. The van der Waals surface area contributed by atoms with Crippen molar-refractivity contribution in [1.29, 1.82) is 0 Å². The third-order valence-electron chi connectivity index (χ3n) is 3.63. The third kappa shape index (κ3) is 4.23. The van der Waals surface area contributed by atoms with Crippen molar-refractivity contribution in [2.45, 2.75) is 38.8 Å². The number of carbonyl (C=O) groups excluding carboxylic acids is 1. The average molecular weight is 276 g/mol. The summed E-state index contributed by atoms with van der Waals surface area (Å²) >= 11 is 0. The fourth-order valence-electron chi connectivity index (χ4n) is 2.44. The van der Waals surface area contributed by atoms with Gasteiger partial charge in [-0.3, -0.25) is 4.79 Å². The van der Waals surface area contributed by atoms with Gasteiger partial charge in [-0.15, -0.1) is 0 Å². The van der Waals surface area contributed by atoms with E-state index in [4.69, 9.17) is 4.74 Å². The van der Waals surface area contributed by atoms with Crippen LogP contribution in [0.2, 0.25) is 0 Å². The van der Waals surface area contributed by atoms with Crippen LogP contribution < -0.4 is 10.1 Å². The zero-order chi connectivity index (χ0) is 14.4. The molecule has 0 saturated carbocycles. The minimum Gasteiger partial charge on any atom is -0.494 e. The highest BCUT2D eigenvalue weighted by Gasteiger charge is 2.25. The molecule has 4 nitrogen and oxygen atoms in total. The van der Waals surface area contributed by atoms with E-state index < -0.39 is 0 Å². The molecule has 0 spiro atoms. The molecule has 1 saturated heterocycles. The summed E-state index contributed by atoms with van der Waals surface area (Å²) in [6, 6.07) is 10.4. The van der Waals surface area contributed by atoms with Crippen molar-refractivity contribution in [3.8, 4) is 5.75 Å². The highest BCUT2D eigenvalue weighted by atomic mass is 16.5. The van der Waals surface area contributed by atoms with E-state index in [-0.39, 0.29) is 11.9 Å². The fraction of sp³-hybridized carbons (Fsp3) is 0.562. The maximum Gasteiger partial charge on any atom is 0.223 e. The summed E-state index contributed by atoms with van der Waals surface area (Å²) < 4.78 is 5.61. The van der Waals surface area contributed by atoms with Gasteiger partial charge in [-0.2, -0.15) is 0 Å². The Morgan fingerprint density at radius 1 is 1.35 bits per heavy atom. The summed E-state index contributed by atoms with van der Waals surface area (Å²) in [6.07, 6.45) is 1.32. The van der Waals surface area contributed by atoms with Crippen LogP contribution in [0.1, 0.15) is 26.7 Å². The van der Waals surface area contributed by atoms with Crippen LogP contribution in [-0.2, 0) is 4.79 Å². The molecule has 0 bridgehead atoms. The maximum atomic E-state index is 12.2. The Bertz CT molecular complexity index is 422. The van der Waals surface area contributed by atoms with Crippen molar-refractivity contribution in [3.63, 3.8) is 0 Å². The molecule has 4 heteroatoms. The van der Waals surface area contributed by atoms with E-state index in [0.29, 0.717) is 19.1 Å². The van der Waals surface area contributed by atoms with E-state index in [1.54, 1.807) is 0 Å². The zero-order valence-corrected chi connectivity index (χ0v) is 12.3. The highest BCUT2D eigenvalue weighted by molar-refractivity contribution is 5.76. The number of amides is 1. The average Bonchev–Trinajstić information content (AvgIpc) is 2.47. The lowest BCUT2D eigenvalue weighted by Crippen LogP contribution is -2.56. The molecule has 110 valence electrons. The number of nitrogens with one attached hydrogen (secondary N) is 1. The lowest BCUT2D eigenvalue weighted by Gasteiger charge is -2.37. The Morgan fingerprint density at radius 2 is 2.10 bits per heavy atom. The van der Waals surface area contributed by atoms with Gasteiger partial charge in [0.05, 0.1) is 6.61 Å². The molecule has 2 rings (SSSR count). The van der Waals surface area contributed by atoms with Gasteiger partial charge >= 0.3 is 0 Å². The zero-order valence-electron chi connectivity index (χ0n) is 12.3. The van der Waals surface area contributed by atoms with Gasteiger partial charge in [0.1, 0.15) is 5.75 Å². The number of hydrogen-bond donors (Lipinski definition) is 1. The summed E-state index contributed by atoms with van der Waals surface area (Å²) in [4.78, 5) is 14.2. The molecular formula is C16H24N2O2. The van der Waals surface area contributed by atoms with Crippen LogP contribution in [0.15, 0.2) is 30.3 Å². The van der Waals surface area contributed by atoms with Gasteiger partial charge < -0.3 is 15.0 Å². The molecular weight excluding hydrogens is 252 g/mol. The van der Waals surface area contributed by atoms with Crippen LogP contribution in [-0.4, -0.2) is 42.6 Å². The highest BCUT2D eigenvalue weighted by Crippen LogP contribution is 2.11. The quantitative estimate of drug-likeness (QED) is 0.837. The monoisotopic (exact) mass is 276 g/mol. The second-order valence-corrected chi connectivity index (χ2v) is 5.47. The summed E-state index contributed by atoms with van der Waals surface area (Å²) in [6.45, 7) is 6.49. The second-order valence-electron chi connectivity index (χ2n) is 5.47. The lowest BCUT2D eigenvalue weighted by atomic mass is 10.1. The molecule has 2 unspecified atom stereocenters. The standard InChI is InChI=1S/C16H24N2O2/c1-13-12-18(14(2)11-17-13)16(19)9-6-10-20-15-7-4-3-5-8-15/h3-5,7-8,13-14,17H,6,9-12H2,1-2H3. The van der Waals surface area contributed by atoms with Crippen molar-refractivity contribution in [2.24, 2.45) is 0 Å². The molecule has 2 atom stereocenters. The first kappa shape index (κ1) is 14.9. The molecule has 0 aromatic heterocycles. The number of hydrogen-bond acceptors (Lipinski definition) is 3. The van der Waals surface area contributed by atoms with E-state index in [0.717, 1.165) is 25.3 Å². The van der Waals surface area contributed by atoms with Gasteiger partial charge in [-0.25, -0.2) is 0 Å². The van der Waals surface area contributed by atoms with Crippen LogP contribution in [0.25, 0.3) is 0 Å². The van der Waals surface area contributed by atoms with Gasteiger partial charge in [0.2, 0.25) is 5.91 Å². The van der Waals surface area contributed by atoms with Crippen LogP contribution in [0.4, 0.5) is 0 Å². The Hall–Kier alpha value is -1.55. The molecule has 0 aliphatic carbocycles. The molecule has 20 heavy (non-hydrogen) atoms. The third-order valence-corrected chi connectivity index (χ3v) is 3.63. The van der Waals surface area contributed by atoms with Crippen LogP contribution in [0.3, 0.4) is 0 Å². The number of piperazine rings is 1. The van der Waals surface area contributed by atoms with E-state index >= 15 is 0 Å². The predicted molar refractivity (Wildman–Crippen MR) is 79.8 cm³/mol. The van der Waals surface area contributed by atoms with Gasteiger partial charge in [-0.05, 0) is 32.4 Å². The molecule has 1 aliphatic rings. The summed E-state index contributed by atoms with van der Waals surface area (Å²) in [7, 11) is 0. The minimum atomic E-state index is 0.238. The van der Waals surface area contributed by atoms with Gasteiger partial charge in [0.15, 0.2) is 0 Å². The molecule has 1 amide bonds. The summed E-state index contributed by atoms with van der Waals surface area (Å²) in [5.74, 6) is 1.10. The fourth-order valence-corrected chi connectivity index (χ4v) is 2.44. The number of ether oxygens (including phenoxy) is 1.